The summed E-state index contributed by atoms with van der Waals surface area (Å²) in [5, 5.41) is 2.99. The molecule has 0 unspecified atom stereocenters. The smallest absolute Gasteiger partial charge is 0.250 e. The van der Waals surface area contributed by atoms with Crippen molar-refractivity contribution in [3.05, 3.63) is 34.6 Å². The normalized spacial score (nSPS) is 11.5. The van der Waals surface area contributed by atoms with Gasteiger partial charge in [-0.1, -0.05) is 11.6 Å². The number of thiophene rings is 1. The minimum atomic E-state index is -3.49. The molecule has 0 radical (unpaired) electrons. The summed E-state index contributed by atoms with van der Waals surface area (Å²) in [6, 6.07) is 3.04. The molecule has 0 aromatic carbocycles. The van der Waals surface area contributed by atoms with E-state index in [0.717, 1.165) is 17.0 Å². The monoisotopic (exact) mass is 332 g/mol. The Labute approximate surface area is 126 Å². The van der Waals surface area contributed by atoms with E-state index in [1.165, 1.54) is 6.07 Å². The van der Waals surface area contributed by atoms with Gasteiger partial charge in [0.25, 0.3) is 0 Å². The summed E-state index contributed by atoms with van der Waals surface area (Å²) in [5.41, 5.74) is 0.795. The zero-order valence-corrected chi connectivity index (χ0v) is 13.0. The van der Waals surface area contributed by atoms with Crippen LogP contribution in [-0.4, -0.2) is 31.5 Å². The van der Waals surface area contributed by atoms with Crippen LogP contribution in [0.2, 0.25) is 4.34 Å². The van der Waals surface area contributed by atoms with Crippen LogP contribution in [0.1, 0.15) is 5.69 Å². The van der Waals surface area contributed by atoms with Crippen molar-refractivity contribution in [3.8, 4) is 0 Å². The Hall–Kier alpha value is -1.22. The van der Waals surface area contributed by atoms with E-state index in [0.29, 0.717) is 16.7 Å². The lowest BCUT2D eigenvalue weighted by molar-refractivity contribution is 0.585. The molecule has 2 aromatic heterocycles. The van der Waals surface area contributed by atoms with Crippen LogP contribution in [0.25, 0.3) is 0 Å². The average molecular weight is 333 g/mol. The van der Waals surface area contributed by atoms with Crippen LogP contribution < -0.4 is 10.0 Å². The molecule has 20 heavy (non-hydrogen) atoms. The SMILES string of the molecule is Cc1cncc(NCCNS(=O)(=O)c2ccc(Cl)s2)n1. The summed E-state index contributed by atoms with van der Waals surface area (Å²) >= 11 is 6.74. The Balaban J connectivity index is 1.84. The van der Waals surface area contributed by atoms with Crippen molar-refractivity contribution >= 4 is 38.8 Å². The van der Waals surface area contributed by atoms with Gasteiger partial charge in [-0.15, -0.1) is 11.3 Å². The highest BCUT2D eigenvalue weighted by Gasteiger charge is 2.15. The third-order valence-corrected chi connectivity index (χ3v) is 5.48. The van der Waals surface area contributed by atoms with Gasteiger partial charge < -0.3 is 5.32 Å². The maximum absolute atomic E-state index is 11.9. The molecule has 0 saturated heterocycles. The van der Waals surface area contributed by atoms with Crippen molar-refractivity contribution < 1.29 is 8.42 Å². The van der Waals surface area contributed by atoms with E-state index in [2.05, 4.69) is 20.0 Å². The second-order valence-electron chi connectivity index (χ2n) is 3.93. The van der Waals surface area contributed by atoms with E-state index in [1.807, 2.05) is 6.92 Å². The van der Waals surface area contributed by atoms with Gasteiger partial charge in [-0.05, 0) is 19.1 Å². The molecule has 2 rings (SSSR count). The number of aromatic nitrogens is 2. The van der Waals surface area contributed by atoms with E-state index in [4.69, 9.17) is 11.6 Å². The van der Waals surface area contributed by atoms with E-state index >= 15 is 0 Å². The summed E-state index contributed by atoms with van der Waals surface area (Å²) in [5.74, 6) is 0.614. The molecule has 0 aliphatic rings. The van der Waals surface area contributed by atoms with Gasteiger partial charge in [-0.3, -0.25) is 4.98 Å². The molecule has 108 valence electrons. The number of hydrogen-bond acceptors (Lipinski definition) is 6. The maximum atomic E-state index is 11.9. The highest BCUT2D eigenvalue weighted by Crippen LogP contribution is 2.25. The van der Waals surface area contributed by atoms with Gasteiger partial charge in [0, 0.05) is 19.3 Å². The number of rotatable bonds is 6. The number of halogens is 1. The lowest BCUT2D eigenvalue weighted by atomic mass is 10.5. The van der Waals surface area contributed by atoms with Crippen LogP contribution in [0.4, 0.5) is 5.82 Å². The molecule has 2 aromatic rings. The molecule has 9 heteroatoms. The van der Waals surface area contributed by atoms with Gasteiger partial charge in [-0.2, -0.15) is 0 Å². The van der Waals surface area contributed by atoms with Gasteiger partial charge in [0.05, 0.1) is 16.2 Å². The molecule has 0 atom stereocenters. The van der Waals surface area contributed by atoms with Crippen LogP contribution in [0.15, 0.2) is 28.7 Å². The fraction of sp³-hybridized carbons (Fsp3) is 0.273. The van der Waals surface area contributed by atoms with Crippen molar-refractivity contribution in [2.24, 2.45) is 0 Å². The fourth-order valence-corrected chi connectivity index (χ4v) is 4.00. The number of hydrogen-bond donors (Lipinski definition) is 2. The number of aryl methyl sites for hydroxylation is 1. The van der Waals surface area contributed by atoms with Gasteiger partial charge >= 0.3 is 0 Å². The number of anilines is 1. The highest BCUT2D eigenvalue weighted by atomic mass is 35.5. The van der Waals surface area contributed by atoms with E-state index < -0.39 is 10.0 Å². The first-order valence-corrected chi connectivity index (χ1v) is 8.43. The largest absolute Gasteiger partial charge is 0.367 e. The van der Waals surface area contributed by atoms with E-state index in [-0.39, 0.29) is 10.8 Å². The number of nitrogens with one attached hydrogen (secondary N) is 2. The van der Waals surface area contributed by atoms with E-state index in [9.17, 15) is 8.42 Å². The molecule has 0 aliphatic heterocycles. The predicted molar refractivity (Wildman–Crippen MR) is 79.8 cm³/mol. The first-order chi connectivity index (χ1) is 9.47. The third kappa shape index (κ3) is 4.14. The first kappa shape index (κ1) is 15.2. The summed E-state index contributed by atoms with van der Waals surface area (Å²) < 4.78 is 26.9. The quantitative estimate of drug-likeness (QED) is 0.789. The van der Waals surface area contributed by atoms with Crippen LogP contribution in [0.5, 0.6) is 0 Å². The summed E-state index contributed by atoms with van der Waals surface area (Å²) in [7, 11) is -3.49. The molecular formula is C11H13ClN4O2S2. The lowest BCUT2D eigenvalue weighted by Gasteiger charge is -2.07. The van der Waals surface area contributed by atoms with Crippen molar-refractivity contribution in [1.82, 2.24) is 14.7 Å². The molecule has 0 fully saturated rings. The second kappa shape index (κ2) is 6.49. The second-order valence-corrected chi connectivity index (χ2v) is 7.64. The molecule has 2 N–H and O–H groups in total. The Morgan fingerprint density at radius 2 is 2.10 bits per heavy atom. The van der Waals surface area contributed by atoms with Crippen LogP contribution in [-0.2, 0) is 10.0 Å². The fourth-order valence-electron chi connectivity index (χ4n) is 1.44. The highest BCUT2D eigenvalue weighted by molar-refractivity contribution is 7.91. The zero-order valence-electron chi connectivity index (χ0n) is 10.6. The molecule has 0 aliphatic carbocycles. The van der Waals surface area contributed by atoms with Crippen LogP contribution in [0, 0.1) is 6.92 Å². The van der Waals surface area contributed by atoms with Gasteiger partial charge in [0.2, 0.25) is 10.0 Å². The molecular weight excluding hydrogens is 320 g/mol. The summed E-state index contributed by atoms with van der Waals surface area (Å²) in [6.45, 7) is 2.49. The topological polar surface area (TPSA) is 84.0 Å². The average Bonchev–Trinajstić information content (AvgIpc) is 2.82. The summed E-state index contributed by atoms with van der Waals surface area (Å²) in [4.78, 5) is 8.19. The maximum Gasteiger partial charge on any atom is 0.250 e. The van der Waals surface area contributed by atoms with Crippen molar-refractivity contribution in [3.63, 3.8) is 0 Å². The van der Waals surface area contributed by atoms with Gasteiger partial charge in [0.15, 0.2) is 0 Å². The molecule has 0 bridgehead atoms. The predicted octanol–water partition coefficient (Wildman–Crippen LogP) is 1.89. The van der Waals surface area contributed by atoms with Gasteiger partial charge in [0.1, 0.15) is 10.0 Å². The first-order valence-electron chi connectivity index (χ1n) is 5.75. The standard InChI is InChI=1S/C11H13ClN4O2S2/c1-8-6-13-7-10(16-8)14-4-5-15-20(17,18)11-3-2-9(12)19-11/h2-3,6-7,15H,4-5H2,1H3,(H,14,16). The van der Waals surface area contributed by atoms with Crippen LogP contribution >= 0.6 is 22.9 Å². The number of nitrogens with zero attached hydrogens (tertiary/aromatic N) is 2. The van der Waals surface area contributed by atoms with Crippen molar-refractivity contribution in [1.29, 1.82) is 0 Å². The minimum Gasteiger partial charge on any atom is -0.367 e. The van der Waals surface area contributed by atoms with Crippen molar-refractivity contribution in [2.45, 2.75) is 11.1 Å². The van der Waals surface area contributed by atoms with Gasteiger partial charge in [-0.25, -0.2) is 18.1 Å². The Kier molecular flexibility index (Phi) is 4.92. The van der Waals surface area contributed by atoms with Crippen molar-refractivity contribution in [2.75, 3.05) is 18.4 Å². The Morgan fingerprint density at radius 3 is 2.75 bits per heavy atom. The zero-order chi connectivity index (χ0) is 14.6. The molecule has 2 heterocycles. The molecule has 0 spiro atoms. The minimum absolute atomic E-state index is 0.206. The Bertz CT molecular complexity index is 687. The number of sulfonamides is 1. The summed E-state index contributed by atoms with van der Waals surface area (Å²) in [6.07, 6.45) is 3.23. The molecule has 0 amide bonds. The lowest BCUT2D eigenvalue weighted by Crippen LogP contribution is -2.28. The van der Waals surface area contributed by atoms with E-state index in [1.54, 1.807) is 18.5 Å². The van der Waals surface area contributed by atoms with Crippen LogP contribution in [0.3, 0.4) is 0 Å². The third-order valence-electron chi connectivity index (χ3n) is 2.29. The Morgan fingerprint density at radius 1 is 1.30 bits per heavy atom. The molecule has 0 saturated carbocycles. The molecule has 6 nitrogen and oxygen atoms in total.